The fourth-order valence-electron chi connectivity index (χ4n) is 2.41. The number of carbonyl (C=O) groups excluding carboxylic acids is 1. The van der Waals surface area contributed by atoms with Gasteiger partial charge in [0.25, 0.3) is 5.91 Å². The zero-order valence-corrected chi connectivity index (χ0v) is 12.5. The zero-order valence-electron chi connectivity index (χ0n) is 12.5. The average Bonchev–Trinajstić information content (AvgIpc) is 3.09. The van der Waals surface area contributed by atoms with Crippen LogP contribution in [0.3, 0.4) is 0 Å². The van der Waals surface area contributed by atoms with Gasteiger partial charge in [0.15, 0.2) is 0 Å². The van der Waals surface area contributed by atoms with Crippen molar-refractivity contribution in [1.82, 2.24) is 0 Å². The largest absolute Gasteiger partial charge is 0.461 e. The first-order chi connectivity index (χ1) is 11.1. The minimum atomic E-state index is -0.671. The van der Waals surface area contributed by atoms with Crippen LogP contribution >= 0.6 is 0 Å². The number of halogens is 1. The molecule has 1 aromatic carbocycles. The molecule has 2 atom stereocenters. The Bertz CT molecular complexity index is 816. The quantitative estimate of drug-likeness (QED) is 0.683. The Kier molecular flexibility index (Phi) is 3.98. The second kappa shape index (κ2) is 6.09. The van der Waals surface area contributed by atoms with E-state index in [4.69, 9.17) is 9.68 Å². The summed E-state index contributed by atoms with van der Waals surface area (Å²) >= 11 is 0. The summed E-state index contributed by atoms with van der Waals surface area (Å²) in [5.41, 5.74) is -0.108. The molecule has 0 aliphatic heterocycles. The Labute approximate surface area is 133 Å². The van der Waals surface area contributed by atoms with Gasteiger partial charge in [-0.15, -0.1) is 0 Å². The molecule has 116 valence electrons. The first kappa shape index (κ1) is 15.0. The molecule has 1 heterocycles. The lowest BCUT2D eigenvalue weighted by molar-refractivity contribution is -0.112. The van der Waals surface area contributed by atoms with Gasteiger partial charge < -0.3 is 9.73 Å². The summed E-state index contributed by atoms with van der Waals surface area (Å²) in [4.78, 5) is 12.1. The predicted molar refractivity (Wildman–Crippen MR) is 83.8 cm³/mol. The van der Waals surface area contributed by atoms with Gasteiger partial charge in [0.2, 0.25) is 0 Å². The number of nitriles is 1. The lowest BCUT2D eigenvalue weighted by Gasteiger charge is -2.04. The predicted octanol–water partition coefficient (Wildman–Crippen LogP) is 4.09. The number of anilines is 1. The molecule has 1 aromatic heterocycles. The number of para-hydroxylation sites is 1. The van der Waals surface area contributed by atoms with E-state index in [0.717, 1.165) is 12.2 Å². The molecule has 1 saturated carbocycles. The van der Waals surface area contributed by atoms with Gasteiger partial charge in [-0.1, -0.05) is 19.1 Å². The highest BCUT2D eigenvalue weighted by molar-refractivity contribution is 6.09. The normalized spacial score (nSPS) is 20.0. The van der Waals surface area contributed by atoms with Crippen LogP contribution in [0.1, 0.15) is 30.8 Å². The molecule has 0 unspecified atom stereocenters. The van der Waals surface area contributed by atoms with Crippen LogP contribution in [-0.2, 0) is 4.79 Å². The summed E-state index contributed by atoms with van der Waals surface area (Å²) in [6.07, 6.45) is 2.46. The number of carbonyl (C=O) groups is 1. The number of amides is 1. The van der Waals surface area contributed by atoms with E-state index in [-0.39, 0.29) is 11.3 Å². The summed E-state index contributed by atoms with van der Waals surface area (Å²) < 4.78 is 19.2. The molecule has 1 amide bonds. The van der Waals surface area contributed by atoms with E-state index in [1.807, 2.05) is 12.1 Å². The van der Waals surface area contributed by atoms with Crippen LogP contribution in [0.15, 0.2) is 46.4 Å². The van der Waals surface area contributed by atoms with Crippen LogP contribution < -0.4 is 5.32 Å². The lowest BCUT2D eigenvalue weighted by atomic mass is 10.2. The van der Waals surface area contributed by atoms with Gasteiger partial charge in [-0.25, -0.2) is 4.39 Å². The van der Waals surface area contributed by atoms with Crippen LogP contribution in [-0.4, -0.2) is 5.91 Å². The third-order valence-corrected chi connectivity index (χ3v) is 3.90. The standard InChI is InChI=1S/C18H15FN2O2/c1-11-8-14(11)17-7-6-13(23-17)9-12(10-20)18(22)21-16-5-3-2-4-15(16)19/h2-7,9,11,14H,8H2,1H3,(H,21,22)/b12-9-/t11-,14-/m1/s1. The van der Waals surface area contributed by atoms with Gasteiger partial charge in [-0.3, -0.25) is 4.79 Å². The molecule has 5 heteroatoms. The molecule has 0 bridgehead atoms. The van der Waals surface area contributed by atoms with E-state index < -0.39 is 11.7 Å². The number of benzene rings is 1. The molecule has 1 N–H and O–H groups in total. The Morgan fingerprint density at radius 2 is 2.13 bits per heavy atom. The maximum atomic E-state index is 13.5. The summed E-state index contributed by atoms with van der Waals surface area (Å²) in [5.74, 6) is 1.12. The van der Waals surface area contributed by atoms with Gasteiger partial charge >= 0.3 is 0 Å². The highest BCUT2D eigenvalue weighted by Crippen LogP contribution is 2.47. The second-order valence-electron chi connectivity index (χ2n) is 5.66. The zero-order chi connectivity index (χ0) is 16.4. The van der Waals surface area contributed by atoms with Crippen LogP contribution in [0.5, 0.6) is 0 Å². The van der Waals surface area contributed by atoms with E-state index in [2.05, 4.69) is 12.2 Å². The van der Waals surface area contributed by atoms with Crippen molar-refractivity contribution in [3.05, 3.63) is 59.3 Å². The fraction of sp³-hybridized carbons (Fsp3) is 0.222. The van der Waals surface area contributed by atoms with E-state index in [9.17, 15) is 9.18 Å². The van der Waals surface area contributed by atoms with Gasteiger partial charge in [0, 0.05) is 12.0 Å². The minimum absolute atomic E-state index is 0.0330. The minimum Gasteiger partial charge on any atom is -0.461 e. The average molecular weight is 310 g/mol. The molecule has 0 saturated heterocycles. The molecule has 4 nitrogen and oxygen atoms in total. The Morgan fingerprint density at radius 1 is 1.39 bits per heavy atom. The number of furan rings is 1. The Balaban J connectivity index is 1.76. The maximum absolute atomic E-state index is 13.5. The third-order valence-electron chi connectivity index (χ3n) is 3.90. The highest BCUT2D eigenvalue weighted by atomic mass is 19.1. The van der Waals surface area contributed by atoms with E-state index in [1.54, 1.807) is 12.1 Å². The third kappa shape index (κ3) is 3.32. The monoisotopic (exact) mass is 310 g/mol. The van der Waals surface area contributed by atoms with E-state index in [0.29, 0.717) is 17.6 Å². The van der Waals surface area contributed by atoms with Gasteiger partial charge in [0.1, 0.15) is 29.0 Å². The van der Waals surface area contributed by atoms with Crippen LogP contribution in [0.4, 0.5) is 10.1 Å². The lowest BCUT2D eigenvalue weighted by Crippen LogP contribution is -2.14. The topological polar surface area (TPSA) is 66.0 Å². The summed E-state index contributed by atoms with van der Waals surface area (Å²) in [6, 6.07) is 11.2. The van der Waals surface area contributed by atoms with Crippen molar-refractivity contribution < 1.29 is 13.6 Å². The first-order valence-electron chi connectivity index (χ1n) is 7.36. The number of hydrogen-bond donors (Lipinski definition) is 1. The van der Waals surface area contributed by atoms with Crippen molar-refractivity contribution in [2.45, 2.75) is 19.3 Å². The van der Waals surface area contributed by atoms with Crippen LogP contribution in [0.2, 0.25) is 0 Å². The molecule has 3 rings (SSSR count). The molecule has 1 aliphatic rings. The van der Waals surface area contributed by atoms with Gasteiger partial charge in [-0.2, -0.15) is 5.26 Å². The molecule has 0 radical (unpaired) electrons. The van der Waals surface area contributed by atoms with Crippen molar-refractivity contribution in [2.24, 2.45) is 5.92 Å². The van der Waals surface area contributed by atoms with E-state index in [1.165, 1.54) is 24.3 Å². The Hall–Kier alpha value is -2.87. The number of nitrogens with zero attached hydrogens (tertiary/aromatic N) is 1. The summed E-state index contributed by atoms with van der Waals surface area (Å²) in [7, 11) is 0. The van der Waals surface area contributed by atoms with Gasteiger partial charge in [0.05, 0.1) is 5.69 Å². The SMILES string of the molecule is C[C@@H]1C[C@H]1c1ccc(/C=C(/C#N)C(=O)Nc2ccccc2F)o1. The molecule has 23 heavy (non-hydrogen) atoms. The maximum Gasteiger partial charge on any atom is 0.266 e. The van der Waals surface area contributed by atoms with E-state index >= 15 is 0 Å². The summed E-state index contributed by atoms with van der Waals surface area (Å²) in [5, 5.41) is 11.5. The van der Waals surface area contributed by atoms with Crippen molar-refractivity contribution in [3.8, 4) is 6.07 Å². The Morgan fingerprint density at radius 3 is 2.78 bits per heavy atom. The molecule has 0 spiro atoms. The smallest absolute Gasteiger partial charge is 0.266 e. The second-order valence-corrected chi connectivity index (χ2v) is 5.66. The number of nitrogens with one attached hydrogen (secondary N) is 1. The molecule has 1 fully saturated rings. The van der Waals surface area contributed by atoms with Crippen molar-refractivity contribution >= 4 is 17.7 Å². The van der Waals surface area contributed by atoms with Crippen molar-refractivity contribution in [1.29, 1.82) is 5.26 Å². The van der Waals surface area contributed by atoms with Crippen molar-refractivity contribution in [2.75, 3.05) is 5.32 Å². The highest BCUT2D eigenvalue weighted by Gasteiger charge is 2.36. The van der Waals surface area contributed by atoms with Crippen LogP contribution in [0, 0.1) is 23.1 Å². The fourth-order valence-corrected chi connectivity index (χ4v) is 2.41. The number of rotatable bonds is 4. The number of hydrogen-bond acceptors (Lipinski definition) is 3. The van der Waals surface area contributed by atoms with Gasteiger partial charge in [-0.05, 0) is 36.6 Å². The molecular weight excluding hydrogens is 295 g/mol. The molecular formula is C18H15FN2O2. The first-order valence-corrected chi connectivity index (χ1v) is 7.36. The summed E-state index contributed by atoms with van der Waals surface area (Å²) in [6.45, 7) is 2.14. The molecule has 2 aromatic rings. The van der Waals surface area contributed by atoms with Crippen LogP contribution in [0.25, 0.3) is 6.08 Å². The molecule has 1 aliphatic carbocycles. The van der Waals surface area contributed by atoms with Crippen molar-refractivity contribution in [3.63, 3.8) is 0 Å².